The van der Waals surface area contributed by atoms with Crippen molar-refractivity contribution < 1.29 is 9.53 Å². The predicted octanol–water partition coefficient (Wildman–Crippen LogP) is 3.22. The number of amides is 2. The maximum atomic E-state index is 11.8. The number of carbonyl (C=O) groups excluding carboxylic acids is 1. The van der Waals surface area contributed by atoms with E-state index in [9.17, 15) is 4.79 Å². The fraction of sp³-hybridized carbons (Fsp3) is 0.417. The molecule has 17 heavy (non-hydrogen) atoms. The number of hydrogen-bond donors (Lipinski definition) is 1. The number of carbonyl (C=O) groups is 1. The number of halogens is 1. The van der Waals surface area contributed by atoms with Crippen LogP contribution in [0.25, 0.3) is 0 Å². The lowest BCUT2D eigenvalue weighted by molar-refractivity contribution is 0.217. The summed E-state index contributed by atoms with van der Waals surface area (Å²) < 4.78 is 5.08. The summed E-state index contributed by atoms with van der Waals surface area (Å²) in [4.78, 5) is 13.5. The minimum Gasteiger partial charge on any atom is -0.497 e. The van der Waals surface area contributed by atoms with Crippen molar-refractivity contribution in [3.8, 4) is 5.75 Å². The lowest BCUT2D eigenvalue weighted by Crippen LogP contribution is -2.34. The van der Waals surface area contributed by atoms with Crippen molar-refractivity contribution in [1.29, 1.82) is 0 Å². The minimum absolute atomic E-state index is 0.162. The van der Waals surface area contributed by atoms with Gasteiger partial charge in [-0.2, -0.15) is 0 Å². The molecule has 2 amide bonds. The number of nitrogens with one attached hydrogen (secondary N) is 1. The monoisotopic (exact) mass is 256 g/mol. The number of anilines is 1. The molecule has 0 saturated carbocycles. The highest BCUT2D eigenvalue weighted by molar-refractivity contribution is 6.33. The van der Waals surface area contributed by atoms with Crippen LogP contribution >= 0.6 is 11.6 Å². The number of benzene rings is 1. The van der Waals surface area contributed by atoms with Gasteiger partial charge in [0.25, 0.3) is 0 Å². The Kier molecular flexibility index (Phi) is 5.10. The van der Waals surface area contributed by atoms with Gasteiger partial charge in [0.15, 0.2) is 0 Å². The van der Waals surface area contributed by atoms with E-state index < -0.39 is 0 Å². The van der Waals surface area contributed by atoms with E-state index in [0.29, 0.717) is 29.5 Å². The number of nitrogens with zero attached hydrogens (tertiary/aromatic N) is 1. The predicted molar refractivity (Wildman–Crippen MR) is 69.9 cm³/mol. The van der Waals surface area contributed by atoms with Gasteiger partial charge in [0, 0.05) is 19.2 Å². The van der Waals surface area contributed by atoms with Crippen molar-refractivity contribution in [2.24, 2.45) is 0 Å². The summed E-state index contributed by atoms with van der Waals surface area (Å²) in [5.41, 5.74) is 0.558. The number of rotatable bonds is 4. The van der Waals surface area contributed by atoms with Gasteiger partial charge in [0.2, 0.25) is 0 Å². The van der Waals surface area contributed by atoms with E-state index in [1.54, 1.807) is 30.2 Å². The van der Waals surface area contributed by atoms with E-state index in [1.165, 1.54) is 0 Å². The molecule has 0 aromatic heterocycles. The first-order valence-corrected chi connectivity index (χ1v) is 5.89. The zero-order valence-electron chi connectivity index (χ0n) is 10.3. The molecule has 0 heterocycles. The Morgan fingerprint density at radius 1 is 1.41 bits per heavy atom. The second-order valence-corrected chi connectivity index (χ2v) is 3.86. The first-order valence-electron chi connectivity index (χ1n) is 5.51. The molecule has 0 aliphatic heterocycles. The normalized spacial score (nSPS) is 9.88. The van der Waals surface area contributed by atoms with Gasteiger partial charge < -0.3 is 15.0 Å². The Morgan fingerprint density at radius 3 is 2.59 bits per heavy atom. The fourth-order valence-corrected chi connectivity index (χ4v) is 1.60. The summed E-state index contributed by atoms with van der Waals surface area (Å²) in [6.07, 6.45) is 0. The van der Waals surface area contributed by atoms with Gasteiger partial charge in [-0.15, -0.1) is 0 Å². The lowest BCUT2D eigenvalue weighted by atomic mass is 10.3. The van der Waals surface area contributed by atoms with Crippen LogP contribution in [0.15, 0.2) is 18.2 Å². The van der Waals surface area contributed by atoms with E-state index in [1.807, 2.05) is 13.8 Å². The average Bonchev–Trinajstić information content (AvgIpc) is 2.33. The third-order valence-electron chi connectivity index (χ3n) is 2.47. The number of methoxy groups -OCH3 is 1. The molecule has 1 rings (SSSR count). The van der Waals surface area contributed by atoms with Gasteiger partial charge in [0.05, 0.1) is 17.8 Å². The van der Waals surface area contributed by atoms with Gasteiger partial charge in [-0.25, -0.2) is 4.79 Å². The van der Waals surface area contributed by atoms with E-state index in [-0.39, 0.29) is 6.03 Å². The Balaban J connectivity index is 2.83. The van der Waals surface area contributed by atoms with E-state index >= 15 is 0 Å². The van der Waals surface area contributed by atoms with Crippen LogP contribution in [0.4, 0.5) is 10.5 Å². The Labute approximate surface area is 107 Å². The van der Waals surface area contributed by atoms with Crippen molar-refractivity contribution in [3.05, 3.63) is 23.2 Å². The fourth-order valence-electron chi connectivity index (χ4n) is 1.43. The Bertz CT molecular complexity index is 392. The second kappa shape index (κ2) is 6.35. The van der Waals surface area contributed by atoms with E-state index in [4.69, 9.17) is 16.3 Å². The first kappa shape index (κ1) is 13.6. The molecule has 0 aliphatic carbocycles. The molecule has 1 aromatic carbocycles. The van der Waals surface area contributed by atoms with Crippen molar-refractivity contribution in [3.63, 3.8) is 0 Å². The Hall–Kier alpha value is -1.42. The smallest absolute Gasteiger partial charge is 0.321 e. The molecular formula is C12H17ClN2O2. The summed E-state index contributed by atoms with van der Waals surface area (Å²) in [5.74, 6) is 0.657. The molecule has 1 aromatic rings. The molecule has 1 N–H and O–H groups in total. The summed E-state index contributed by atoms with van der Waals surface area (Å²) in [5, 5.41) is 3.25. The van der Waals surface area contributed by atoms with Gasteiger partial charge in [-0.05, 0) is 26.0 Å². The molecule has 94 valence electrons. The van der Waals surface area contributed by atoms with Crippen molar-refractivity contribution >= 4 is 23.3 Å². The second-order valence-electron chi connectivity index (χ2n) is 3.45. The van der Waals surface area contributed by atoms with Crippen molar-refractivity contribution in [2.75, 3.05) is 25.5 Å². The molecule has 0 unspecified atom stereocenters. The molecule has 0 spiro atoms. The van der Waals surface area contributed by atoms with Crippen LogP contribution in [0.1, 0.15) is 13.8 Å². The number of urea groups is 1. The van der Waals surface area contributed by atoms with Crippen LogP contribution < -0.4 is 10.1 Å². The molecular weight excluding hydrogens is 240 g/mol. The highest BCUT2D eigenvalue weighted by atomic mass is 35.5. The standard InChI is InChI=1S/C12H17ClN2O2/c1-4-15(5-2)12(16)14-11-8-9(17-3)6-7-10(11)13/h6-8H,4-5H2,1-3H3,(H,14,16). The topological polar surface area (TPSA) is 41.6 Å². The molecule has 0 aliphatic rings. The highest BCUT2D eigenvalue weighted by Crippen LogP contribution is 2.26. The minimum atomic E-state index is -0.162. The first-order chi connectivity index (χ1) is 8.12. The largest absolute Gasteiger partial charge is 0.497 e. The van der Waals surface area contributed by atoms with Crippen LogP contribution in [0.5, 0.6) is 5.75 Å². The SMILES string of the molecule is CCN(CC)C(=O)Nc1cc(OC)ccc1Cl. The Morgan fingerprint density at radius 2 is 2.06 bits per heavy atom. The van der Waals surface area contributed by atoms with Gasteiger partial charge in [-0.1, -0.05) is 11.6 Å². The molecule has 0 radical (unpaired) electrons. The molecule has 0 saturated heterocycles. The number of hydrogen-bond acceptors (Lipinski definition) is 2. The summed E-state index contributed by atoms with van der Waals surface area (Å²) in [6, 6.07) is 4.97. The third-order valence-corrected chi connectivity index (χ3v) is 2.80. The third kappa shape index (κ3) is 3.53. The van der Waals surface area contributed by atoms with E-state index in [0.717, 1.165) is 0 Å². The summed E-state index contributed by atoms with van der Waals surface area (Å²) >= 11 is 6.00. The number of ether oxygens (including phenoxy) is 1. The van der Waals surface area contributed by atoms with E-state index in [2.05, 4.69) is 5.32 Å². The van der Waals surface area contributed by atoms with Gasteiger partial charge in [-0.3, -0.25) is 0 Å². The molecule has 5 heteroatoms. The average molecular weight is 257 g/mol. The van der Waals surface area contributed by atoms with Crippen LogP contribution in [0, 0.1) is 0 Å². The zero-order chi connectivity index (χ0) is 12.8. The van der Waals surface area contributed by atoms with Crippen LogP contribution in [0.2, 0.25) is 5.02 Å². The molecule has 0 fully saturated rings. The molecule has 4 nitrogen and oxygen atoms in total. The lowest BCUT2D eigenvalue weighted by Gasteiger charge is -2.19. The highest BCUT2D eigenvalue weighted by Gasteiger charge is 2.11. The van der Waals surface area contributed by atoms with Crippen LogP contribution in [0.3, 0.4) is 0 Å². The van der Waals surface area contributed by atoms with Crippen molar-refractivity contribution in [2.45, 2.75) is 13.8 Å². The molecule has 0 atom stereocenters. The zero-order valence-corrected chi connectivity index (χ0v) is 11.0. The van der Waals surface area contributed by atoms with Crippen LogP contribution in [-0.4, -0.2) is 31.1 Å². The summed E-state index contributed by atoms with van der Waals surface area (Å²) in [7, 11) is 1.57. The summed E-state index contributed by atoms with van der Waals surface area (Å²) in [6.45, 7) is 5.17. The van der Waals surface area contributed by atoms with Crippen molar-refractivity contribution in [1.82, 2.24) is 4.90 Å². The quantitative estimate of drug-likeness (QED) is 0.899. The van der Waals surface area contributed by atoms with Gasteiger partial charge >= 0.3 is 6.03 Å². The maximum Gasteiger partial charge on any atom is 0.321 e. The van der Waals surface area contributed by atoms with Gasteiger partial charge in [0.1, 0.15) is 5.75 Å². The van der Waals surface area contributed by atoms with Crippen LogP contribution in [-0.2, 0) is 0 Å². The molecule has 0 bridgehead atoms. The maximum absolute atomic E-state index is 11.8.